The first kappa shape index (κ1) is 17.7. The Morgan fingerprint density at radius 1 is 1.19 bits per heavy atom. The fourth-order valence-corrected chi connectivity index (χ4v) is 2.76. The third-order valence-electron chi connectivity index (χ3n) is 4.09. The van der Waals surface area contributed by atoms with Crippen molar-refractivity contribution < 1.29 is 4.79 Å². The first-order valence-electron chi connectivity index (χ1n) is 8.52. The van der Waals surface area contributed by atoms with Gasteiger partial charge in [0.05, 0.1) is 23.5 Å². The van der Waals surface area contributed by atoms with Crippen molar-refractivity contribution in [3.05, 3.63) is 62.9 Å². The molecule has 0 aliphatic rings. The standard InChI is InChI=1S/C18H21N5O3/c1-13-11-20-22(12-13)9-4-8-19-16(24)7-10-23-18(26)15-6-3-2-5-14(15)17(25)21-23/h2-3,5-6,11-12H,4,7-10H2,1H3,(H,19,24)(H,21,25). The van der Waals surface area contributed by atoms with Crippen LogP contribution in [0.4, 0.5) is 0 Å². The van der Waals surface area contributed by atoms with Gasteiger partial charge in [0.15, 0.2) is 0 Å². The molecule has 0 radical (unpaired) electrons. The van der Waals surface area contributed by atoms with Crippen molar-refractivity contribution in [2.45, 2.75) is 32.9 Å². The molecule has 1 aromatic carbocycles. The minimum Gasteiger partial charge on any atom is -0.356 e. The van der Waals surface area contributed by atoms with Crippen molar-refractivity contribution >= 4 is 16.7 Å². The van der Waals surface area contributed by atoms with Crippen molar-refractivity contribution in [3.63, 3.8) is 0 Å². The first-order chi connectivity index (χ1) is 12.5. The van der Waals surface area contributed by atoms with E-state index < -0.39 is 0 Å². The van der Waals surface area contributed by atoms with E-state index >= 15 is 0 Å². The lowest BCUT2D eigenvalue weighted by atomic mass is 10.2. The van der Waals surface area contributed by atoms with Gasteiger partial charge >= 0.3 is 0 Å². The Morgan fingerprint density at radius 2 is 1.96 bits per heavy atom. The second-order valence-corrected chi connectivity index (χ2v) is 6.18. The average molecular weight is 355 g/mol. The van der Waals surface area contributed by atoms with Crippen LogP contribution in [-0.4, -0.2) is 32.0 Å². The predicted molar refractivity (Wildman–Crippen MR) is 98.0 cm³/mol. The number of aromatic nitrogens is 4. The number of benzene rings is 1. The Kier molecular flexibility index (Phi) is 5.31. The minimum atomic E-state index is -0.338. The Morgan fingerprint density at radius 3 is 2.69 bits per heavy atom. The predicted octanol–water partition coefficient (Wildman–Crippen LogP) is 0.791. The zero-order valence-corrected chi connectivity index (χ0v) is 14.6. The lowest BCUT2D eigenvalue weighted by molar-refractivity contribution is -0.121. The van der Waals surface area contributed by atoms with Gasteiger partial charge in [0.1, 0.15) is 0 Å². The number of nitrogens with one attached hydrogen (secondary N) is 2. The van der Waals surface area contributed by atoms with E-state index in [4.69, 9.17) is 0 Å². The van der Waals surface area contributed by atoms with Gasteiger partial charge in [-0.2, -0.15) is 5.10 Å². The quantitative estimate of drug-likeness (QED) is 0.612. The van der Waals surface area contributed by atoms with Gasteiger partial charge in [0.2, 0.25) is 5.91 Å². The molecule has 26 heavy (non-hydrogen) atoms. The van der Waals surface area contributed by atoms with E-state index in [9.17, 15) is 14.4 Å². The molecular weight excluding hydrogens is 334 g/mol. The van der Waals surface area contributed by atoms with Crippen LogP contribution in [0.15, 0.2) is 46.2 Å². The highest BCUT2D eigenvalue weighted by molar-refractivity contribution is 5.80. The van der Waals surface area contributed by atoms with Gasteiger partial charge in [-0.3, -0.25) is 24.2 Å². The molecule has 0 unspecified atom stereocenters. The fourth-order valence-electron chi connectivity index (χ4n) is 2.76. The number of hydrogen-bond acceptors (Lipinski definition) is 4. The van der Waals surface area contributed by atoms with Crippen molar-refractivity contribution in [2.24, 2.45) is 0 Å². The van der Waals surface area contributed by atoms with Crippen molar-refractivity contribution in [2.75, 3.05) is 6.54 Å². The molecule has 136 valence electrons. The van der Waals surface area contributed by atoms with Crippen LogP contribution in [0.2, 0.25) is 0 Å². The molecule has 0 saturated heterocycles. The van der Waals surface area contributed by atoms with Gasteiger partial charge in [-0.25, -0.2) is 4.68 Å². The molecule has 0 spiro atoms. The Hall–Kier alpha value is -3.16. The number of amides is 1. The summed E-state index contributed by atoms with van der Waals surface area (Å²) in [4.78, 5) is 36.3. The van der Waals surface area contributed by atoms with Crippen LogP contribution in [-0.2, 0) is 17.9 Å². The summed E-state index contributed by atoms with van der Waals surface area (Å²) in [7, 11) is 0. The number of fused-ring (bicyclic) bond motifs is 1. The molecule has 3 aromatic rings. The Labute approximate surface area is 149 Å². The molecule has 2 N–H and O–H groups in total. The van der Waals surface area contributed by atoms with Crippen LogP contribution in [0.3, 0.4) is 0 Å². The molecule has 2 heterocycles. The molecule has 8 nitrogen and oxygen atoms in total. The molecule has 0 aliphatic heterocycles. The molecule has 0 atom stereocenters. The summed E-state index contributed by atoms with van der Waals surface area (Å²) in [6.45, 7) is 3.36. The van der Waals surface area contributed by atoms with Crippen LogP contribution in [0.5, 0.6) is 0 Å². The van der Waals surface area contributed by atoms with Crippen LogP contribution >= 0.6 is 0 Å². The van der Waals surface area contributed by atoms with E-state index in [1.54, 1.807) is 30.5 Å². The maximum Gasteiger partial charge on any atom is 0.273 e. The monoisotopic (exact) mass is 355 g/mol. The molecule has 0 bridgehead atoms. The van der Waals surface area contributed by atoms with E-state index in [1.807, 2.05) is 17.8 Å². The molecule has 0 saturated carbocycles. The topological polar surface area (TPSA) is 102 Å². The van der Waals surface area contributed by atoms with E-state index in [1.165, 1.54) is 4.68 Å². The number of nitrogens with zero attached hydrogens (tertiary/aromatic N) is 3. The molecule has 1 amide bonds. The summed E-state index contributed by atoms with van der Waals surface area (Å²) in [5, 5.41) is 10.2. The molecule has 2 aromatic heterocycles. The molecular formula is C18H21N5O3. The highest BCUT2D eigenvalue weighted by Crippen LogP contribution is 2.02. The minimum absolute atomic E-state index is 0.120. The van der Waals surface area contributed by atoms with E-state index in [-0.39, 0.29) is 30.0 Å². The Balaban J connectivity index is 1.51. The summed E-state index contributed by atoms with van der Waals surface area (Å²) < 4.78 is 3.03. The Bertz CT molecular complexity index is 1030. The smallest absolute Gasteiger partial charge is 0.273 e. The maximum atomic E-state index is 12.4. The van der Waals surface area contributed by atoms with Crippen molar-refractivity contribution in [1.82, 2.24) is 24.9 Å². The zero-order valence-electron chi connectivity index (χ0n) is 14.6. The van der Waals surface area contributed by atoms with E-state index in [2.05, 4.69) is 15.5 Å². The second kappa shape index (κ2) is 7.81. The van der Waals surface area contributed by atoms with Crippen LogP contribution in [0, 0.1) is 6.92 Å². The third-order valence-corrected chi connectivity index (χ3v) is 4.09. The molecule has 0 fully saturated rings. The summed E-state index contributed by atoms with van der Waals surface area (Å²) in [5.74, 6) is -0.164. The van der Waals surface area contributed by atoms with Crippen LogP contribution in [0.25, 0.3) is 10.8 Å². The normalized spacial score (nSPS) is 11.0. The fraction of sp³-hybridized carbons (Fsp3) is 0.333. The van der Waals surface area contributed by atoms with E-state index in [0.29, 0.717) is 17.3 Å². The van der Waals surface area contributed by atoms with Crippen LogP contribution < -0.4 is 16.4 Å². The van der Waals surface area contributed by atoms with Gasteiger partial charge in [-0.15, -0.1) is 0 Å². The lowest BCUT2D eigenvalue weighted by Gasteiger charge is -2.08. The highest BCUT2D eigenvalue weighted by atomic mass is 16.2. The third kappa shape index (κ3) is 4.08. The van der Waals surface area contributed by atoms with Gasteiger partial charge in [-0.05, 0) is 31.0 Å². The van der Waals surface area contributed by atoms with Gasteiger partial charge in [0, 0.05) is 25.7 Å². The first-order valence-corrected chi connectivity index (χ1v) is 8.52. The van der Waals surface area contributed by atoms with Crippen molar-refractivity contribution in [1.29, 1.82) is 0 Å². The molecule has 3 rings (SSSR count). The second-order valence-electron chi connectivity index (χ2n) is 6.18. The lowest BCUT2D eigenvalue weighted by Crippen LogP contribution is -2.32. The summed E-state index contributed by atoms with van der Waals surface area (Å²) in [6, 6.07) is 6.63. The number of H-pyrrole nitrogens is 1. The summed E-state index contributed by atoms with van der Waals surface area (Å²) >= 11 is 0. The summed E-state index contributed by atoms with van der Waals surface area (Å²) in [6.07, 6.45) is 4.62. The summed E-state index contributed by atoms with van der Waals surface area (Å²) in [5.41, 5.74) is 0.459. The SMILES string of the molecule is Cc1cnn(CCCNC(=O)CCn2[nH]c(=O)c3ccccc3c2=O)c1. The zero-order chi connectivity index (χ0) is 18.5. The molecule has 8 heteroatoms. The number of rotatable bonds is 7. The molecule has 0 aliphatic carbocycles. The van der Waals surface area contributed by atoms with Gasteiger partial charge < -0.3 is 5.32 Å². The number of hydrogen-bond donors (Lipinski definition) is 2. The van der Waals surface area contributed by atoms with Gasteiger partial charge in [-0.1, -0.05) is 12.1 Å². The number of carbonyl (C=O) groups excluding carboxylic acids is 1. The number of aromatic amines is 1. The highest BCUT2D eigenvalue weighted by Gasteiger charge is 2.08. The maximum absolute atomic E-state index is 12.4. The largest absolute Gasteiger partial charge is 0.356 e. The number of carbonyl (C=O) groups is 1. The van der Waals surface area contributed by atoms with E-state index in [0.717, 1.165) is 18.5 Å². The van der Waals surface area contributed by atoms with Gasteiger partial charge in [0.25, 0.3) is 11.1 Å². The average Bonchev–Trinajstić information content (AvgIpc) is 3.06. The van der Waals surface area contributed by atoms with Crippen molar-refractivity contribution in [3.8, 4) is 0 Å². The van der Waals surface area contributed by atoms with Crippen LogP contribution in [0.1, 0.15) is 18.4 Å². The number of aryl methyl sites for hydroxylation is 3.